The molecule has 2 aromatic heterocycles. The van der Waals surface area contributed by atoms with Crippen LogP contribution in [0.5, 0.6) is 0 Å². The van der Waals surface area contributed by atoms with Crippen LogP contribution in [0.4, 0.5) is 22.9 Å². The number of rotatable bonds is 4. The summed E-state index contributed by atoms with van der Waals surface area (Å²) >= 11 is 5.66. The average molecular weight is 296 g/mol. The Balaban J connectivity index is 2.50. The number of aromatic nitrogens is 2. The number of nitrogens with one attached hydrogen (secondary N) is 1. The van der Waals surface area contributed by atoms with Crippen molar-refractivity contribution < 1.29 is 9.85 Å². The first kappa shape index (κ1) is 13.6. The van der Waals surface area contributed by atoms with Gasteiger partial charge in [0.2, 0.25) is 5.69 Å². The van der Waals surface area contributed by atoms with Crippen LogP contribution in [0.2, 0.25) is 5.02 Å². The van der Waals surface area contributed by atoms with Gasteiger partial charge in [-0.05, 0) is 12.1 Å². The Labute approximate surface area is 116 Å². The Bertz CT molecular complexity index is 644. The number of anilines is 2. The Kier molecular flexibility index (Phi) is 3.71. The van der Waals surface area contributed by atoms with Crippen molar-refractivity contribution in [2.75, 3.05) is 5.32 Å². The van der Waals surface area contributed by atoms with Gasteiger partial charge in [0.1, 0.15) is 18.2 Å². The van der Waals surface area contributed by atoms with Crippen molar-refractivity contribution in [3.8, 4) is 0 Å². The summed E-state index contributed by atoms with van der Waals surface area (Å²) in [4.78, 5) is 27.6. The standard InChI is InChI=1S/C10H6ClN5O4/c11-6-1-2-9(13-3-6)14-10-7(15(17)18)4-12-5-8(10)16(19)20/h1-5H,(H,12,13,14). The normalized spacial score (nSPS) is 10.1. The third kappa shape index (κ3) is 2.78. The summed E-state index contributed by atoms with van der Waals surface area (Å²) in [7, 11) is 0. The van der Waals surface area contributed by atoms with Gasteiger partial charge in [-0.25, -0.2) is 4.98 Å². The van der Waals surface area contributed by atoms with Crippen LogP contribution in [0.1, 0.15) is 0 Å². The molecule has 0 bridgehead atoms. The number of nitro groups is 2. The van der Waals surface area contributed by atoms with Gasteiger partial charge < -0.3 is 5.32 Å². The van der Waals surface area contributed by atoms with Gasteiger partial charge in [0, 0.05) is 6.20 Å². The van der Waals surface area contributed by atoms with Crippen LogP contribution in [0.25, 0.3) is 0 Å². The highest BCUT2D eigenvalue weighted by molar-refractivity contribution is 6.30. The van der Waals surface area contributed by atoms with Gasteiger partial charge in [-0.3, -0.25) is 25.2 Å². The second kappa shape index (κ2) is 5.45. The predicted molar refractivity (Wildman–Crippen MR) is 70.1 cm³/mol. The molecular formula is C10H6ClN5O4. The number of hydrogen-bond acceptors (Lipinski definition) is 7. The smallest absolute Gasteiger partial charge is 0.317 e. The van der Waals surface area contributed by atoms with Crippen LogP contribution in [0.15, 0.2) is 30.7 Å². The molecule has 0 aliphatic rings. The largest absolute Gasteiger partial charge is 0.329 e. The molecule has 0 saturated heterocycles. The number of halogens is 1. The van der Waals surface area contributed by atoms with Crippen molar-refractivity contribution in [2.24, 2.45) is 0 Å². The van der Waals surface area contributed by atoms with Gasteiger partial charge in [0.15, 0.2) is 0 Å². The predicted octanol–water partition coefficient (Wildman–Crippen LogP) is 2.69. The van der Waals surface area contributed by atoms with Gasteiger partial charge in [0.05, 0.1) is 14.9 Å². The summed E-state index contributed by atoms with van der Waals surface area (Å²) in [5.41, 5.74) is -1.32. The number of pyridine rings is 2. The quantitative estimate of drug-likeness (QED) is 0.679. The molecule has 0 unspecified atom stereocenters. The van der Waals surface area contributed by atoms with E-state index in [-0.39, 0.29) is 11.5 Å². The fourth-order valence-corrected chi connectivity index (χ4v) is 1.53. The van der Waals surface area contributed by atoms with E-state index in [1.165, 1.54) is 18.3 Å². The molecule has 0 fully saturated rings. The third-order valence-electron chi connectivity index (χ3n) is 2.28. The van der Waals surface area contributed by atoms with Crippen molar-refractivity contribution in [3.63, 3.8) is 0 Å². The van der Waals surface area contributed by atoms with E-state index in [2.05, 4.69) is 15.3 Å². The van der Waals surface area contributed by atoms with E-state index in [1.807, 2.05) is 0 Å². The summed E-state index contributed by atoms with van der Waals surface area (Å²) in [6.45, 7) is 0. The van der Waals surface area contributed by atoms with Crippen LogP contribution in [0.3, 0.4) is 0 Å². The van der Waals surface area contributed by atoms with Crippen molar-refractivity contribution in [1.82, 2.24) is 9.97 Å². The van der Waals surface area contributed by atoms with E-state index in [0.29, 0.717) is 5.02 Å². The molecular weight excluding hydrogens is 290 g/mol. The molecule has 0 amide bonds. The number of nitrogens with zero attached hydrogens (tertiary/aromatic N) is 4. The van der Waals surface area contributed by atoms with E-state index in [4.69, 9.17) is 11.6 Å². The van der Waals surface area contributed by atoms with Crippen molar-refractivity contribution in [3.05, 3.63) is 56.0 Å². The first-order valence-electron chi connectivity index (χ1n) is 5.14. The maximum absolute atomic E-state index is 10.9. The van der Waals surface area contributed by atoms with Gasteiger partial charge in [-0.1, -0.05) is 11.6 Å². The lowest BCUT2D eigenvalue weighted by Gasteiger charge is -2.06. The minimum atomic E-state index is -0.766. The highest BCUT2D eigenvalue weighted by Gasteiger charge is 2.26. The molecule has 0 aliphatic carbocycles. The molecule has 1 N–H and O–H groups in total. The summed E-state index contributed by atoms with van der Waals surface area (Å²) in [5.74, 6) is 0.187. The lowest BCUT2D eigenvalue weighted by Crippen LogP contribution is -2.03. The van der Waals surface area contributed by atoms with Crippen LogP contribution in [-0.4, -0.2) is 19.8 Å². The molecule has 0 radical (unpaired) electrons. The zero-order chi connectivity index (χ0) is 14.7. The van der Waals surface area contributed by atoms with Gasteiger partial charge in [-0.2, -0.15) is 0 Å². The van der Waals surface area contributed by atoms with E-state index in [1.54, 1.807) is 0 Å². The lowest BCUT2D eigenvalue weighted by atomic mass is 10.3. The van der Waals surface area contributed by atoms with Crippen LogP contribution >= 0.6 is 11.6 Å². The van der Waals surface area contributed by atoms with E-state index < -0.39 is 21.2 Å². The molecule has 20 heavy (non-hydrogen) atoms. The molecule has 0 atom stereocenters. The van der Waals surface area contributed by atoms with Crippen LogP contribution < -0.4 is 5.32 Å². The third-order valence-corrected chi connectivity index (χ3v) is 2.50. The van der Waals surface area contributed by atoms with Crippen molar-refractivity contribution >= 4 is 34.5 Å². The van der Waals surface area contributed by atoms with Gasteiger partial charge in [0.25, 0.3) is 0 Å². The molecule has 0 saturated carbocycles. The molecule has 9 nitrogen and oxygen atoms in total. The van der Waals surface area contributed by atoms with Crippen molar-refractivity contribution in [2.45, 2.75) is 0 Å². The summed E-state index contributed by atoms with van der Waals surface area (Å²) < 4.78 is 0. The zero-order valence-corrected chi connectivity index (χ0v) is 10.4. The first-order chi connectivity index (χ1) is 9.49. The summed E-state index contributed by atoms with van der Waals surface area (Å²) in [6.07, 6.45) is 3.15. The SMILES string of the molecule is O=[N+]([O-])c1cncc([N+](=O)[O-])c1Nc1ccc(Cl)cn1. The highest BCUT2D eigenvalue weighted by atomic mass is 35.5. The molecule has 2 aromatic rings. The van der Waals surface area contributed by atoms with E-state index >= 15 is 0 Å². The molecule has 10 heteroatoms. The molecule has 0 spiro atoms. The first-order valence-corrected chi connectivity index (χ1v) is 5.52. The maximum Gasteiger partial charge on any atom is 0.317 e. The maximum atomic E-state index is 10.9. The van der Waals surface area contributed by atoms with Crippen LogP contribution in [-0.2, 0) is 0 Å². The Morgan fingerprint density at radius 3 is 2.10 bits per heavy atom. The second-order valence-corrected chi connectivity index (χ2v) is 3.99. The molecule has 2 rings (SSSR count). The van der Waals surface area contributed by atoms with E-state index in [0.717, 1.165) is 12.4 Å². The molecule has 0 aliphatic heterocycles. The minimum absolute atomic E-state index is 0.187. The fourth-order valence-electron chi connectivity index (χ4n) is 1.42. The van der Waals surface area contributed by atoms with E-state index in [9.17, 15) is 20.2 Å². The molecule has 102 valence electrons. The Morgan fingerprint density at radius 1 is 1.05 bits per heavy atom. The van der Waals surface area contributed by atoms with Gasteiger partial charge >= 0.3 is 11.4 Å². The lowest BCUT2D eigenvalue weighted by molar-refractivity contribution is -0.392. The zero-order valence-electron chi connectivity index (χ0n) is 9.69. The molecule has 2 heterocycles. The highest BCUT2D eigenvalue weighted by Crippen LogP contribution is 2.34. The number of hydrogen-bond donors (Lipinski definition) is 1. The average Bonchev–Trinajstić information content (AvgIpc) is 2.41. The van der Waals surface area contributed by atoms with Gasteiger partial charge in [-0.15, -0.1) is 0 Å². The Hall–Kier alpha value is -2.81. The fraction of sp³-hybridized carbons (Fsp3) is 0. The molecule has 0 aromatic carbocycles. The summed E-state index contributed by atoms with van der Waals surface area (Å²) in [5, 5.41) is 24.7. The minimum Gasteiger partial charge on any atom is -0.329 e. The summed E-state index contributed by atoms with van der Waals surface area (Å²) in [6, 6.07) is 2.94. The second-order valence-electron chi connectivity index (χ2n) is 3.55. The monoisotopic (exact) mass is 295 g/mol. The Morgan fingerprint density at radius 2 is 1.65 bits per heavy atom. The van der Waals surface area contributed by atoms with Crippen molar-refractivity contribution in [1.29, 1.82) is 0 Å². The topological polar surface area (TPSA) is 124 Å². The van der Waals surface area contributed by atoms with Crippen LogP contribution in [0, 0.1) is 20.2 Å².